The van der Waals surface area contributed by atoms with E-state index in [0.29, 0.717) is 13.1 Å². The zero-order valence-corrected chi connectivity index (χ0v) is 16.1. The minimum absolute atomic E-state index is 0.0432. The highest BCUT2D eigenvalue weighted by Gasteiger charge is 2.21. The number of aromatic nitrogens is 2. The second-order valence-corrected chi connectivity index (χ2v) is 8.45. The number of carbonyl (C=O) groups is 1. The van der Waals surface area contributed by atoms with E-state index >= 15 is 0 Å². The number of hydrogen-bond acceptors (Lipinski definition) is 4. The zero-order chi connectivity index (χ0) is 19.4. The van der Waals surface area contributed by atoms with Crippen LogP contribution in [0, 0.1) is 0 Å². The average molecular weight is 383 g/mol. The molecular formula is C20H21N3O3S. The Bertz CT molecular complexity index is 1040. The second kappa shape index (κ2) is 7.75. The van der Waals surface area contributed by atoms with Crippen LogP contribution in [-0.4, -0.2) is 42.3 Å². The van der Waals surface area contributed by atoms with Crippen molar-refractivity contribution in [3.63, 3.8) is 0 Å². The minimum atomic E-state index is -3.48. The van der Waals surface area contributed by atoms with Gasteiger partial charge in [-0.1, -0.05) is 42.5 Å². The highest BCUT2D eigenvalue weighted by atomic mass is 32.2. The highest BCUT2D eigenvalue weighted by molar-refractivity contribution is 7.90. The van der Waals surface area contributed by atoms with Crippen LogP contribution in [0.2, 0.25) is 0 Å². The van der Waals surface area contributed by atoms with Crippen molar-refractivity contribution in [1.29, 1.82) is 0 Å². The molecule has 0 radical (unpaired) electrons. The smallest absolute Gasteiger partial charge is 0.255 e. The maximum atomic E-state index is 12.7. The predicted octanol–water partition coefficient (Wildman–Crippen LogP) is 2.61. The molecule has 27 heavy (non-hydrogen) atoms. The van der Waals surface area contributed by atoms with E-state index < -0.39 is 9.84 Å². The van der Waals surface area contributed by atoms with Gasteiger partial charge in [-0.3, -0.25) is 9.48 Å². The van der Waals surface area contributed by atoms with Gasteiger partial charge in [-0.15, -0.1) is 0 Å². The number of sulfone groups is 1. The first-order valence-corrected chi connectivity index (χ1v) is 10.3. The third-order valence-electron chi connectivity index (χ3n) is 4.16. The van der Waals surface area contributed by atoms with Crippen LogP contribution >= 0.6 is 0 Å². The number of carbonyl (C=O) groups excluding carboxylic acids is 1. The van der Waals surface area contributed by atoms with Gasteiger partial charge in [-0.05, 0) is 17.7 Å². The summed E-state index contributed by atoms with van der Waals surface area (Å²) in [6.07, 6.45) is 4.71. The van der Waals surface area contributed by atoms with Crippen molar-refractivity contribution in [2.45, 2.75) is 18.0 Å². The van der Waals surface area contributed by atoms with Gasteiger partial charge in [-0.25, -0.2) is 8.42 Å². The van der Waals surface area contributed by atoms with Crippen LogP contribution in [0.3, 0.4) is 0 Å². The van der Waals surface area contributed by atoms with E-state index in [4.69, 9.17) is 0 Å². The third-order valence-corrected chi connectivity index (χ3v) is 5.31. The first-order chi connectivity index (χ1) is 12.8. The van der Waals surface area contributed by atoms with Crippen LogP contribution in [0.5, 0.6) is 0 Å². The lowest BCUT2D eigenvalue weighted by Crippen LogP contribution is -2.27. The molecule has 0 fully saturated rings. The second-order valence-electron chi connectivity index (χ2n) is 6.46. The summed E-state index contributed by atoms with van der Waals surface area (Å²) < 4.78 is 25.7. The fraction of sp³-hybridized carbons (Fsp3) is 0.200. The van der Waals surface area contributed by atoms with Crippen molar-refractivity contribution in [2.24, 2.45) is 0 Å². The van der Waals surface area contributed by atoms with E-state index in [1.807, 2.05) is 41.2 Å². The van der Waals surface area contributed by atoms with E-state index in [2.05, 4.69) is 5.10 Å². The molecule has 0 aliphatic rings. The molecule has 0 saturated carbocycles. The van der Waals surface area contributed by atoms with Crippen molar-refractivity contribution < 1.29 is 13.2 Å². The normalized spacial score (nSPS) is 11.3. The quantitative estimate of drug-likeness (QED) is 0.656. The molecule has 0 N–H and O–H groups in total. The molecule has 7 heteroatoms. The Labute approximate surface area is 159 Å². The molecule has 0 unspecified atom stereocenters. The fourth-order valence-electron chi connectivity index (χ4n) is 2.86. The van der Waals surface area contributed by atoms with Crippen LogP contribution in [0.25, 0.3) is 0 Å². The van der Waals surface area contributed by atoms with Gasteiger partial charge in [0.15, 0.2) is 9.84 Å². The lowest BCUT2D eigenvalue weighted by molar-refractivity contribution is 0.0781. The summed E-state index contributed by atoms with van der Waals surface area (Å²) >= 11 is 0. The molecule has 1 aromatic heterocycles. The number of rotatable bonds is 6. The predicted molar refractivity (Wildman–Crippen MR) is 103 cm³/mol. The van der Waals surface area contributed by atoms with Gasteiger partial charge in [0.1, 0.15) is 0 Å². The van der Waals surface area contributed by atoms with Gasteiger partial charge in [0, 0.05) is 31.6 Å². The van der Waals surface area contributed by atoms with Crippen molar-refractivity contribution in [3.05, 3.63) is 83.7 Å². The molecular weight excluding hydrogens is 362 g/mol. The summed E-state index contributed by atoms with van der Waals surface area (Å²) in [5.41, 5.74) is 2.19. The topological polar surface area (TPSA) is 72.3 Å². The molecule has 0 aliphatic carbocycles. The molecule has 1 amide bonds. The van der Waals surface area contributed by atoms with Crippen LogP contribution < -0.4 is 0 Å². The summed E-state index contributed by atoms with van der Waals surface area (Å²) in [4.78, 5) is 14.3. The Morgan fingerprint density at radius 2 is 1.70 bits per heavy atom. The maximum Gasteiger partial charge on any atom is 0.255 e. The van der Waals surface area contributed by atoms with Crippen molar-refractivity contribution in [3.8, 4) is 0 Å². The Morgan fingerprint density at radius 3 is 2.41 bits per heavy atom. The summed E-state index contributed by atoms with van der Waals surface area (Å²) in [7, 11) is -1.83. The van der Waals surface area contributed by atoms with E-state index in [-0.39, 0.29) is 16.4 Å². The molecule has 3 rings (SSSR count). The lowest BCUT2D eigenvalue weighted by Gasteiger charge is -2.17. The molecule has 1 heterocycles. The van der Waals surface area contributed by atoms with Gasteiger partial charge in [0.2, 0.25) is 0 Å². The first-order valence-electron chi connectivity index (χ1n) is 8.44. The molecule has 0 saturated heterocycles. The third kappa shape index (κ3) is 4.62. The van der Waals surface area contributed by atoms with Crippen molar-refractivity contribution in [2.75, 3.05) is 13.3 Å². The molecule has 0 aliphatic heterocycles. The largest absolute Gasteiger partial charge is 0.337 e. The van der Waals surface area contributed by atoms with E-state index in [0.717, 1.165) is 17.4 Å². The van der Waals surface area contributed by atoms with Crippen LogP contribution in [0.15, 0.2) is 71.9 Å². The molecule has 0 bridgehead atoms. The standard InChI is InChI=1S/C20H21N3O3S/c1-22(20(24)18-10-6-7-11-19(18)27(2,25)26)13-17-12-21-23(15-17)14-16-8-4-3-5-9-16/h3-12,15H,13-14H2,1-2H3. The minimum Gasteiger partial charge on any atom is -0.337 e. The number of nitrogens with zero attached hydrogens (tertiary/aromatic N) is 3. The average Bonchev–Trinajstić information content (AvgIpc) is 3.08. The van der Waals surface area contributed by atoms with Crippen molar-refractivity contribution in [1.82, 2.24) is 14.7 Å². The van der Waals surface area contributed by atoms with Gasteiger partial charge >= 0.3 is 0 Å². The van der Waals surface area contributed by atoms with Gasteiger partial charge in [0.25, 0.3) is 5.91 Å². The van der Waals surface area contributed by atoms with Crippen LogP contribution in [0.1, 0.15) is 21.5 Å². The molecule has 2 aromatic carbocycles. The van der Waals surface area contributed by atoms with E-state index in [1.54, 1.807) is 25.4 Å². The van der Waals surface area contributed by atoms with Gasteiger partial charge in [0.05, 0.1) is 23.2 Å². The van der Waals surface area contributed by atoms with Crippen molar-refractivity contribution >= 4 is 15.7 Å². The maximum absolute atomic E-state index is 12.7. The Kier molecular flexibility index (Phi) is 5.41. The molecule has 0 spiro atoms. The Hall–Kier alpha value is -2.93. The fourth-order valence-corrected chi connectivity index (χ4v) is 3.74. The molecule has 6 nitrogen and oxygen atoms in total. The molecule has 3 aromatic rings. The zero-order valence-electron chi connectivity index (χ0n) is 15.2. The Balaban J connectivity index is 1.73. The number of benzene rings is 2. The van der Waals surface area contributed by atoms with Gasteiger partial charge in [-0.2, -0.15) is 5.10 Å². The van der Waals surface area contributed by atoms with Crippen LogP contribution in [-0.2, 0) is 22.9 Å². The van der Waals surface area contributed by atoms with E-state index in [9.17, 15) is 13.2 Å². The molecule has 0 atom stereocenters. The van der Waals surface area contributed by atoms with Crippen LogP contribution in [0.4, 0.5) is 0 Å². The first kappa shape index (κ1) is 18.8. The molecule has 140 valence electrons. The monoisotopic (exact) mass is 383 g/mol. The van der Waals surface area contributed by atoms with Gasteiger partial charge < -0.3 is 4.90 Å². The van der Waals surface area contributed by atoms with E-state index in [1.165, 1.54) is 17.0 Å². The highest BCUT2D eigenvalue weighted by Crippen LogP contribution is 2.18. The lowest BCUT2D eigenvalue weighted by atomic mass is 10.2. The summed E-state index contributed by atoms with van der Waals surface area (Å²) in [5.74, 6) is -0.341. The Morgan fingerprint density at radius 1 is 1.04 bits per heavy atom. The summed E-state index contributed by atoms with van der Waals surface area (Å²) in [6.45, 7) is 0.987. The number of hydrogen-bond donors (Lipinski definition) is 0. The SMILES string of the molecule is CN(Cc1cnn(Cc2ccccc2)c1)C(=O)c1ccccc1S(C)(=O)=O. The summed E-state index contributed by atoms with van der Waals surface area (Å²) in [6, 6.07) is 16.2. The summed E-state index contributed by atoms with van der Waals surface area (Å²) in [5, 5.41) is 4.34. The number of amides is 1.